The second-order valence-corrected chi connectivity index (χ2v) is 5.77. The lowest BCUT2D eigenvalue weighted by Crippen LogP contribution is -2.35. The van der Waals surface area contributed by atoms with Gasteiger partial charge in [-0.25, -0.2) is 0 Å². The summed E-state index contributed by atoms with van der Waals surface area (Å²) in [5, 5.41) is 8.84. The summed E-state index contributed by atoms with van der Waals surface area (Å²) in [6, 6.07) is 1.93. The topological polar surface area (TPSA) is 57.6 Å². The summed E-state index contributed by atoms with van der Waals surface area (Å²) in [7, 11) is 0. The second-order valence-electron chi connectivity index (χ2n) is 4.63. The summed E-state index contributed by atoms with van der Waals surface area (Å²) in [5.41, 5.74) is 1.26. The molecule has 0 radical (unpaired) electrons. The molecule has 0 aliphatic heterocycles. The zero-order valence-corrected chi connectivity index (χ0v) is 11.5. The van der Waals surface area contributed by atoms with E-state index in [1.54, 1.807) is 6.08 Å². The molecule has 0 saturated carbocycles. The van der Waals surface area contributed by atoms with Crippen LogP contribution in [0.2, 0.25) is 0 Å². The van der Waals surface area contributed by atoms with Crippen molar-refractivity contribution in [3.63, 3.8) is 0 Å². The molecule has 0 fully saturated rings. The van der Waals surface area contributed by atoms with Gasteiger partial charge in [0, 0.05) is 11.4 Å². The molecule has 4 nitrogen and oxygen atoms in total. The van der Waals surface area contributed by atoms with Gasteiger partial charge in [0.05, 0.1) is 4.88 Å². The summed E-state index contributed by atoms with van der Waals surface area (Å²) >= 11 is 1.51. The molecule has 0 saturated heterocycles. The van der Waals surface area contributed by atoms with Gasteiger partial charge in [0.25, 0.3) is 5.91 Å². The van der Waals surface area contributed by atoms with Crippen molar-refractivity contribution >= 4 is 23.2 Å². The van der Waals surface area contributed by atoms with Crippen molar-refractivity contribution in [2.75, 3.05) is 13.1 Å². The maximum absolute atomic E-state index is 12.3. The molecule has 0 unspecified atom stereocenters. The minimum atomic E-state index is -1.00. The van der Waals surface area contributed by atoms with Gasteiger partial charge in [-0.2, -0.15) is 0 Å². The number of hydrogen-bond acceptors (Lipinski definition) is 3. The summed E-state index contributed by atoms with van der Waals surface area (Å²) in [6.45, 7) is 3.54. The molecule has 19 heavy (non-hydrogen) atoms. The van der Waals surface area contributed by atoms with Crippen LogP contribution in [-0.4, -0.2) is 35.0 Å². The Morgan fingerprint density at radius 1 is 1.42 bits per heavy atom. The third-order valence-corrected chi connectivity index (χ3v) is 4.40. The van der Waals surface area contributed by atoms with Crippen LogP contribution >= 0.6 is 11.3 Å². The highest BCUT2D eigenvalue weighted by Crippen LogP contribution is 2.30. The number of amides is 1. The molecular weight excluding hydrogens is 262 g/mol. The lowest BCUT2D eigenvalue weighted by Gasteiger charge is -2.17. The van der Waals surface area contributed by atoms with Gasteiger partial charge in [0.15, 0.2) is 0 Å². The molecule has 102 valence electrons. The van der Waals surface area contributed by atoms with Crippen LogP contribution in [0.15, 0.2) is 18.7 Å². The number of rotatable bonds is 5. The van der Waals surface area contributed by atoms with E-state index in [1.165, 1.54) is 39.5 Å². The van der Waals surface area contributed by atoms with Gasteiger partial charge in [0.1, 0.15) is 6.54 Å². The fourth-order valence-electron chi connectivity index (χ4n) is 2.29. The molecule has 1 amide bonds. The normalized spacial score (nSPS) is 13.7. The van der Waals surface area contributed by atoms with Crippen molar-refractivity contribution in [3.05, 3.63) is 34.0 Å². The molecule has 2 rings (SSSR count). The second kappa shape index (κ2) is 6.02. The number of thiophene rings is 1. The van der Waals surface area contributed by atoms with Crippen LogP contribution in [-0.2, 0) is 17.6 Å². The van der Waals surface area contributed by atoms with Gasteiger partial charge in [-0.05, 0) is 37.3 Å². The molecule has 5 heteroatoms. The molecule has 1 aromatic rings. The minimum absolute atomic E-state index is 0.207. The highest BCUT2D eigenvalue weighted by atomic mass is 32.1. The van der Waals surface area contributed by atoms with Gasteiger partial charge in [-0.15, -0.1) is 17.9 Å². The molecule has 1 aliphatic rings. The van der Waals surface area contributed by atoms with Crippen molar-refractivity contribution in [3.8, 4) is 0 Å². The summed E-state index contributed by atoms with van der Waals surface area (Å²) < 4.78 is 0. The Bertz CT molecular complexity index is 483. The quantitative estimate of drug-likeness (QED) is 0.842. The number of nitrogens with zero attached hydrogens (tertiary/aromatic N) is 1. The fourth-order valence-corrected chi connectivity index (χ4v) is 3.51. The SMILES string of the molecule is C=CCN(CC(=O)O)C(=O)c1cc2c(s1)CCCC2. The molecular formula is C14H17NO3S. The number of carbonyl (C=O) groups excluding carboxylic acids is 1. The molecule has 1 aromatic heterocycles. The van der Waals surface area contributed by atoms with Crippen molar-refractivity contribution in [1.82, 2.24) is 4.90 Å². The fraction of sp³-hybridized carbons (Fsp3) is 0.429. The summed E-state index contributed by atoms with van der Waals surface area (Å²) in [5.74, 6) is -1.21. The lowest BCUT2D eigenvalue weighted by molar-refractivity contribution is -0.137. The first-order valence-corrected chi connectivity index (χ1v) is 7.17. The van der Waals surface area contributed by atoms with Gasteiger partial charge in [-0.1, -0.05) is 6.08 Å². The Morgan fingerprint density at radius 2 is 2.16 bits per heavy atom. The zero-order valence-electron chi connectivity index (χ0n) is 10.7. The van der Waals surface area contributed by atoms with Crippen molar-refractivity contribution < 1.29 is 14.7 Å². The zero-order chi connectivity index (χ0) is 13.8. The van der Waals surface area contributed by atoms with E-state index in [1.807, 2.05) is 6.07 Å². The van der Waals surface area contributed by atoms with Crippen LogP contribution in [0.3, 0.4) is 0 Å². The molecule has 0 aromatic carbocycles. The van der Waals surface area contributed by atoms with Crippen LogP contribution in [0.4, 0.5) is 0 Å². The molecule has 1 heterocycles. The standard InChI is InChI=1S/C14H17NO3S/c1-2-7-15(9-13(16)17)14(18)12-8-10-5-3-4-6-11(10)19-12/h2,8H,1,3-7,9H2,(H,16,17). The maximum Gasteiger partial charge on any atom is 0.323 e. The smallest absolute Gasteiger partial charge is 0.323 e. The predicted octanol–water partition coefficient (Wildman–Crippen LogP) is 2.34. The monoisotopic (exact) mass is 279 g/mol. The van der Waals surface area contributed by atoms with Crippen LogP contribution in [0.5, 0.6) is 0 Å². The number of aliphatic carboxylic acids is 1. The molecule has 1 N–H and O–H groups in total. The van der Waals surface area contributed by atoms with Crippen molar-refractivity contribution in [2.24, 2.45) is 0 Å². The van der Waals surface area contributed by atoms with E-state index >= 15 is 0 Å². The third kappa shape index (κ3) is 3.23. The van der Waals surface area contributed by atoms with E-state index < -0.39 is 5.97 Å². The third-order valence-electron chi connectivity index (χ3n) is 3.17. The van der Waals surface area contributed by atoms with Gasteiger partial charge in [0.2, 0.25) is 0 Å². The molecule has 0 bridgehead atoms. The van der Waals surface area contributed by atoms with E-state index in [2.05, 4.69) is 6.58 Å². The average molecular weight is 279 g/mol. The molecule has 0 atom stereocenters. The first-order valence-electron chi connectivity index (χ1n) is 6.35. The summed E-state index contributed by atoms with van der Waals surface area (Å²) in [6.07, 6.45) is 5.96. The highest BCUT2D eigenvalue weighted by molar-refractivity contribution is 7.14. The number of carboxylic acid groups (broad SMARTS) is 1. The van der Waals surface area contributed by atoms with Crippen molar-refractivity contribution in [1.29, 1.82) is 0 Å². The minimum Gasteiger partial charge on any atom is -0.480 e. The number of carboxylic acids is 1. The first-order chi connectivity index (χ1) is 9.11. The number of hydrogen-bond donors (Lipinski definition) is 1. The van der Waals surface area contributed by atoms with E-state index in [0.29, 0.717) is 4.88 Å². The largest absolute Gasteiger partial charge is 0.480 e. The van der Waals surface area contributed by atoms with Crippen molar-refractivity contribution in [2.45, 2.75) is 25.7 Å². The Labute approximate surface area is 116 Å². The Balaban J connectivity index is 2.18. The van der Waals surface area contributed by atoms with E-state index in [0.717, 1.165) is 12.8 Å². The van der Waals surface area contributed by atoms with Gasteiger partial charge < -0.3 is 10.0 Å². The highest BCUT2D eigenvalue weighted by Gasteiger charge is 2.22. The van der Waals surface area contributed by atoms with E-state index in [9.17, 15) is 9.59 Å². The lowest BCUT2D eigenvalue weighted by atomic mass is 9.99. The Kier molecular flexibility index (Phi) is 4.37. The van der Waals surface area contributed by atoms with Crippen LogP contribution in [0, 0.1) is 0 Å². The number of carbonyl (C=O) groups is 2. The molecule has 0 spiro atoms. The van der Waals surface area contributed by atoms with E-state index in [-0.39, 0.29) is 19.0 Å². The van der Waals surface area contributed by atoms with Gasteiger partial charge in [-0.3, -0.25) is 9.59 Å². The first kappa shape index (κ1) is 13.8. The van der Waals surface area contributed by atoms with Crippen LogP contribution < -0.4 is 0 Å². The predicted molar refractivity (Wildman–Crippen MR) is 74.7 cm³/mol. The maximum atomic E-state index is 12.3. The number of fused-ring (bicyclic) bond motifs is 1. The van der Waals surface area contributed by atoms with Crippen LogP contribution in [0.25, 0.3) is 0 Å². The average Bonchev–Trinajstić information content (AvgIpc) is 2.80. The molecule has 1 aliphatic carbocycles. The van der Waals surface area contributed by atoms with Crippen LogP contribution in [0.1, 0.15) is 33.0 Å². The van der Waals surface area contributed by atoms with E-state index in [4.69, 9.17) is 5.11 Å². The Hall–Kier alpha value is -1.62. The number of aryl methyl sites for hydroxylation is 2. The van der Waals surface area contributed by atoms with Gasteiger partial charge >= 0.3 is 5.97 Å². The summed E-state index contributed by atoms with van der Waals surface area (Å²) in [4.78, 5) is 26.3. The Morgan fingerprint density at radius 3 is 2.79 bits per heavy atom.